The molecule has 2 rings (SSSR count). The molecule has 0 aliphatic carbocycles. The number of benzene rings is 2. The molecule has 0 saturated heterocycles. The molecule has 7 heteroatoms. The van der Waals surface area contributed by atoms with Crippen LogP contribution in [0.3, 0.4) is 0 Å². The third-order valence-corrected chi connectivity index (χ3v) is 3.50. The van der Waals surface area contributed by atoms with Gasteiger partial charge in [0.2, 0.25) is 0 Å². The fourth-order valence-electron chi connectivity index (χ4n) is 2.25. The van der Waals surface area contributed by atoms with E-state index in [1.54, 1.807) is 24.3 Å². The summed E-state index contributed by atoms with van der Waals surface area (Å²) in [6, 6.07) is 10.6. The number of rotatable bonds is 10. The molecule has 2 N–H and O–H groups in total. The highest BCUT2D eigenvalue weighted by Gasteiger charge is 2.13. The average Bonchev–Trinajstić information content (AvgIpc) is 2.69. The van der Waals surface area contributed by atoms with Crippen LogP contribution in [0.15, 0.2) is 61.2 Å². The predicted octanol–water partition coefficient (Wildman–Crippen LogP) is 3.31. The number of allylic oxidation sites excluding steroid dienone is 1. The lowest BCUT2D eigenvalue weighted by molar-refractivity contribution is -0.139. The van der Waals surface area contributed by atoms with Gasteiger partial charge in [-0.05, 0) is 35.9 Å². The Bertz CT molecular complexity index is 928. The summed E-state index contributed by atoms with van der Waals surface area (Å²) in [6.07, 6.45) is 4.27. The lowest BCUT2D eigenvalue weighted by Gasteiger charge is -2.11. The Hall–Kier alpha value is -3.87. The van der Waals surface area contributed by atoms with Crippen molar-refractivity contribution in [3.05, 3.63) is 77.9 Å². The molecule has 28 heavy (non-hydrogen) atoms. The maximum atomic E-state index is 12.5. The predicted molar refractivity (Wildman–Crippen MR) is 102 cm³/mol. The Labute approximate surface area is 161 Å². The summed E-state index contributed by atoms with van der Waals surface area (Å²) in [7, 11) is 0. The van der Waals surface area contributed by atoms with Gasteiger partial charge in [0.25, 0.3) is 0 Å². The van der Waals surface area contributed by atoms with E-state index in [1.807, 2.05) is 0 Å². The van der Waals surface area contributed by atoms with Crippen molar-refractivity contribution in [3.63, 3.8) is 0 Å². The molecular formula is C21H18O7. The smallest absolute Gasteiger partial charge is 0.341 e. The van der Waals surface area contributed by atoms with Crippen LogP contribution >= 0.6 is 0 Å². The van der Waals surface area contributed by atoms with Crippen LogP contribution in [0, 0.1) is 0 Å². The second-order valence-electron chi connectivity index (χ2n) is 5.57. The van der Waals surface area contributed by atoms with Gasteiger partial charge in [-0.2, -0.15) is 0 Å². The maximum Gasteiger partial charge on any atom is 0.341 e. The summed E-state index contributed by atoms with van der Waals surface area (Å²) in [5, 5.41) is 17.8. The highest BCUT2D eigenvalue weighted by molar-refractivity contribution is 6.08. The quantitative estimate of drug-likeness (QED) is 0.368. The van der Waals surface area contributed by atoms with Crippen molar-refractivity contribution in [3.8, 4) is 11.5 Å². The van der Waals surface area contributed by atoms with E-state index in [4.69, 9.17) is 19.7 Å². The molecule has 0 saturated carbocycles. The SMILES string of the molecule is C=CCOc1ccc(C(=O)C=Cc2cccc(C(=O)O)c2)c(OCC(=O)O)c1. The third kappa shape index (κ3) is 5.84. The Balaban J connectivity index is 2.26. The molecule has 0 heterocycles. The van der Waals surface area contributed by atoms with Crippen LogP contribution in [0.25, 0.3) is 6.08 Å². The number of carbonyl (C=O) groups excluding carboxylic acids is 1. The van der Waals surface area contributed by atoms with Gasteiger partial charge in [-0.25, -0.2) is 9.59 Å². The van der Waals surface area contributed by atoms with Crippen LogP contribution in [-0.4, -0.2) is 41.1 Å². The number of aromatic carboxylic acids is 1. The summed E-state index contributed by atoms with van der Waals surface area (Å²) in [4.78, 5) is 34.3. The van der Waals surface area contributed by atoms with E-state index in [2.05, 4.69) is 6.58 Å². The summed E-state index contributed by atoms with van der Waals surface area (Å²) in [5.74, 6) is -2.22. The molecule has 2 aromatic carbocycles. The first-order valence-electron chi connectivity index (χ1n) is 8.19. The molecule has 0 aliphatic rings. The molecule has 0 aliphatic heterocycles. The summed E-state index contributed by atoms with van der Waals surface area (Å²) >= 11 is 0. The third-order valence-electron chi connectivity index (χ3n) is 3.50. The van der Waals surface area contributed by atoms with Crippen molar-refractivity contribution in [1.29, 1.82) is 0 Å². The topological polar surface area (TPSA) is 110 Å². The second-order valence-corrected chi connectivity index (χ2v) is 5.57. The highest BCUT2D eigenvalue weighted by Crippen LogP contribution is 2.26. The second kappa shape index (κ2) is 9.72. The van der Waals surface area contributed by atoms with Crippen molar-refractivity contribution in [2.45, 2.75) is 0 Å². The number of carboxylic acids is 2. The number of hydrogen-bond acceptors (Lipinski definition) is 5. The fraction of sp³-hybridized carbons (Fsp3) is 0.0952. The molecule has 0 unspecified atom stereocenters. The van der Waals surface area contributed by atoms with E-state index >= 15 is 0 Å². The molecule has 0 bridgehead atoms. The largest absolute Gasteiger partial charge is 0.489 e. The summed E-state index contributed by atoms with van der Waals surface area (Å²) in [6.45, 7) is 3.17. The van der Waals surface area contributed by atoms with E-state index in [9.17, 15) is 14.4 Å². The van der Waals surface area contributed by atoms with E-state index < -0.39 is 24.3 Å². The van der Waals surface area contributed by atoms with Gasteiger partial charge in [-0.3, -0.25) is 4.79 Å². The number of carboxylic acid groups (broad SMARTS) is 2. The molecule has 0 aromatic heterocycles. The van der Waals surface area contributed by atoms with E-state index in [0.717, 1.165) is 0 Å². The van der Waals surface area contributed by atoms with E-state index in [0.29, 0.717) is 11.3 Å². The number of carbonyl (C=O) groups is 3. The molecule has 2 aromatic rings. The first-order chi connectivity index (χ1) is 13.4. The van der Waals surface area contributed by atoms with E-state index in [1.165, 1.54) is 36.4 Å². The Morgan fingerprint density at radius 2 is 1.82 bits per heavy atom. The van der Waals surface area contributed by atoms with Gasteiger partial charge in [0.1, 0.15) is 18.1 Å². The molecule has 0 radical (unpaired) electrons. The van der Waals surface area contributed by atoms with E-state index in [-0.39, 0.29) is 23.5 Å². The standard InChI is InChI=1S/C21H18O7/c1-2-10-27-16-7-8-17(19(12-16)28-13-20(23)24)18(22)9-6-14-4-3-5-15(11-14)21(25)26/h2-9,11-12H,1,10,13H2,(H,23,24)(H,25,26). The number of ether oxygens (including phenoxy) is 2. The van der Waals surface area contributed by atoms with Gasteiger partial charge in [0, 0.05) is 6.07 Å². The average molecular weight is 382 g/mol. The van der Waals surface area contributed by atoms with Crippen molar-refractivity contribution in [2.75, 3.05) is 13.2 Å². The van der Waals surface area contributed by atoms with Gasteiger partial charge in [0.05, 0.1) is 11.1 Å². The first-order valence-corrected chi connectivity index (χ1v) is 8.19. The van der Waals surface area contributed by atoms with Gasteiger partial charge < -0.3 is 19.7 Å². The van der Waals surface area contributed by atoms with Gasteiger partial charge in [-0.1, -0.05) is 30.9 Å². The minimum atomic E-state index is -1.18. The minimum absolute atomic E-state index is 0.0675. The van der Waals surface area contributed by atoms with Crippen LogP contribution in [-0.2, 0) is 4.79 Å². The number of ketones is 1. The van der Waals surface area contributed by atoms with Gasteiger partial charge >= 0.3 is 11.9 Å². The molecule has 7 nitrogen and oxygen atoms in total. The molecule has 144 valence electrons. The lowest BCUT2D eigenvalue weighted by atomic mass is 10.1. The van der Waals surface area contributed by atoms with Crippen LogP contribution in [0.5, 0.6) is 11.5 Å². The highest BCUT2D eigenvalue weighted by atomic mass is 16.5. The zero-order chi connectivity index (χ0) is 20.5. The van der Waals surface area contributed by atoms with Gasteiger partial charge in [-0.15, -0.1) is 0 Å². The van der Waals surface area contributed by atoms with Gasteiger partial charge in [0.15, 0.2) is 12.4 Å². The van der Waals surface area contributed by atoms with Crippen molar-refractivity contribution < 1.29 is 34.1 Å². The van der Waals surface area contributed by atoms with Crippen LogP contribution < -0.4 is 9.47 Å². The normalized spacial score (nSPS) is 10.4. The monoisotopic (exact) mass is 382 g/mol. The lowest BCUT2D eigenvalue weighted by Crippen LogP contribution is -2.12. The van der Waals surface area contributed by atoms with Crippen LogP contribution in [0.1, 0.15) is 26.3 Å². The zero-order valence-electron chi connectivity index (χ0n) is 14.8. The fourth-order valence-corrected chi connectivity index (χ4v) is 2.25. The summed E-state index contributed by atoms with van der Waals surface area (Å²) < 4.78 is 10.6. The maximum absolute atomic E-state index is 12.5. The molecular weight excluding hydrogens is 364 g/mol. The first kappa shape index (κ1) is 20.4. The van der Waals surface area contributed by atoms with Crippen LogP contribution in [0.2, 0.25) is 0 Å². The Morgan fingerprint density at radius 3 is 2.50 bits per heavy atom. The summed E-state index contributed by atoms with van der Waals surface area (Å²) in [5.41, 5.74) is 0.786. The van der Waals surface area contributed by atoms with Crippen molar-refractivity contribution >= 4 is 23.8 Å². The minimum Gasteiger partial charge on any atom is -0.489 e. The van der Waals surface area contributed by atoms with Crippen LogP contribution in [0.4, 0.5) is 0 Å². The zero-order valence-corrected chi connectivity index (χ0v) is 14.8. The Morgan fingerprint density at radius 1 is 1.04 bits per heavy atom. The number of aliphatic carboxylic acids is 1. The molecule has 0 amide bonds. The molecule has 0 spiro atoms. The molecule has 0 fully saturated rings. The number of hydrogen-bond donors (Lipinski definition) is 2. The Kier molecular flexibility index (Phi) is 7.10. The van der Waals surface area contributed by atoms with Crippen molar-refractivity contribution in [2.24, 2.45) is 0 Å². The van der Waals surface area contributed by atoms with Crippen molar-refractivity contribution in [1.82, 2.24) is 0 Å². The molecule has 0 atom stereocenters.